The van der Waals surface area contributed by atoms with Crippen molar-refractivity contribution in [3.63, 3.8) is 0 Å². The summed E-state index contributed by atoms with van der Waals surface area (Å²) in [5.74, 6) is -6.15. The molecule has 0 aliphatic rings. The molecule has 0 bridgehead atoms. The van der Waals surface area contributed by atoms with Crippen molar-refractivity contribution < 1.29 is 22.4 Å². The Morgan fingerprint density at radius 3 is 2.21 bits per heavy atom. The molecule has 0 radical (unpaired) electrons. The van der Waals surface area contributed by atoms with Crippen LogP contribution in [0.5, 0.6) is 0 Å². The smallest absolute Gasteiger partial charge is 0.197 e. The first kappa shape index (κ1) is 13.5. The summed E-state index contributed by atoms with van der Waals surface area (Å²) in [4.78, 5) is 11.9. The van der Waals surface area contributed by atoms with Crippen LogP contribution in [0.15, 0.2) is 30.3 Å². The molecule has 0 aliphatic heterocycles. The van der Waals surface area contributed by atoms with Crippen molar-refractivity contribution >= 4 is 17.4 Å². The second-order valence-corrected chi connectivity index (χ2v) is 4.08. The molecule has 0 spiro atoms. The van der Waals surface area contributed by atoms with Crippen LogP contribution in [0.1, 0.15) is 15.9 Å². The fraction of sp³-hybridized carbons (Fsp3) is 0. The molecule has 0 N–H and O–H groups in total. The Morgan fingerprint density at radius 1 is 0.895 bits per heavy atom. The second kappa shape index (κ2) is 5.01. The molecule has 2 aromatic rings. The van der Waals surface area contributed by atoms with Crippen LogP contribution in [0.2, 0.25) is 5.02 Å². The molecule has 2 aromatic carbocycles. The number of hydrogen-bond donors (Lipinski definition) is 0. The highest BCUT2D eigenvalue weighted by Gasteiger charge is 2.21. The van der Waals surface area contributed by atoms with Crippen LogP contribution in [0.3, 0.4) is 0 Å². The second-order valence-electron chi connectivity index (χ2n) is 3.68. The van der Waals surface area contributed by atoms with E-state index in [9.17, 15) is 22.4 Å². The summed E-state index contributed by atoms with van der Waals surface area (Å²) in [6.45, 7) is 0. The zero-order valence-corrected chi connectivity index (χ0v) is 9.94. The van der Waals surface area contributed by atoms with Gasteiger partial charge in [-0.1, -0.05) is 17.7 Å². The van der Waals surface area contributed by atoms with Crippen LogP contribution >= 0.6 is 11.6 Å². The lowest BCUT2D eigenvalue weighted by atomic mass is 10.0. The number of carbonyl (C=O) groups excluding carboxylic acids is 1. The third kappa shape index (κ3) is 2.46. The van der Waals surface area contributed by atoms with Gasteiger partial charge in [-0.2, -0.15) is 0 Å². The first-order valence-corrected chi connectivity index (χ1v) is 5.43. The van der Waals surface area contributed by atoms with E-state index in [4.69, 9.17) is 11.6 Å². The van der Waals surface area contributed by atoms with Crippen LogP contribution in [-0.4, -0.2) is 5.78 Å². The maximum absolute atomic E-state index is 13.4. The normalized spacial score (nSPS) is 10.6. The van der Waals surface area contributed by atoms with Gasteiger partial charge < -0.3 is 0 Å². The average Bonchev–Trinajstić information content (AvgIpc) is 2.36. The molecule has 0 atom stereocenters. The van der Waals surface area contributed by atoms with Crippen molar-refractivity contribution in [3.8, 4) is 0 Å². The monoisotopic (exact) mass is 288 g/mol. The Balaban J connectivity index is 2.56. The summed E-state index contributed by atoms with van der Waals surface area (Å²) in [6.07, 6.45) is 0. The van der Waals surface area contributed by atoms with Crippen LogP contribution in [0.25, 0.3) is 0 Å². The highest BCUT2D eigenvalue weighted by molar-refractivity contribution is 6.35. The number of halogens is 5. The van der Waals surface area contributed by atoms with Gasteiger partial charge in [-0.05, 0) is 24.3 Å². The van der Waals surface area contributed by atoms with Crippen LogP contribution in [0, 0.1) is 23.3 Å². The zero-order valence-electron chi connectivity index (χ0n) is 9.18. The lowest BCUT2D eigenvalue weighted by Gasteiger charge is -2.06. The third-order valence-corrected chi connectivity index (χ3v) is 2.76. The summed E-state index contributed by atoms with van der Waals surface area (Å²) in [7, 11) is 0. The third-order valence-electron chi connectivity index (χ3n) is 2.45. The summed E-state index contributed by atoms with van der Waals surface area (Å²) in [5, 5.41) is -0.382. The maximum atomic E-state index is 13.4. The van der Waals surface area contributed by atoms with Gasteiger partial charge in [0.15, 0.2) is 29.1 Å². The quantitative estimate of drug-likeness (QED) is 0.461. The Labute approximate surface area is 110 Å². The van der Waals surface area contributed by atoms with Crippen LogP contribution in [0.4, 0.5) is 17.6 Å². The minimum absolute atomic E-state index is 0.382. The largest absolute Gasteiger partial charge is 0.288 e. The molecule has 6 heteroatoms. The lowest BCUT2D eigenvalue weighted by Crippen LogP contribution is -2.07. The molecule has 0 amide bonds. The molecular weight excluding hydrogens is 284 g/mol. The number of carbonyl (C=O) groups is 1. The highest BCUT2D eigenvalue weighted by atomic mass is 35.5. The maximum Gasteiger partial charge on any atom is 0.197 e. The van der Waals surface area contributed by atoms with E-state index in [1.807, 2.05) is 0 Å². The first-order chi connectivity index (χ1) is 8.91. The first-order valence-electron chi connectivity index (χ1n) is 5.05. The topological polar surface area (TPSA) is 17.1 Å². The van der Waals surface area contributed by atoms with E-state index in [2.05, 4.69) is 0 Å². The van der Waals surface area contributed by atoms with Gasteiger partial charge in [0, 0.05) is 5.56 Å². The number of rotatable bonds is 2. The minimum Gasteiger partial charge on any atom is -0.288 e. The Kier molecular flexibility index (Phi) is 3.57. The number of hydrogen-bond acceptors (Lipinski definition) is 1. The van der Waals surface area contributed by atoms with Crippen molar-refractivity contribution in [2.75, 3.05) is 0 Å². The van der Waals surface area contributed by atoms with Crippen molar-refractivity contribution in [3.05, 3.63) is 69.8 Å². The Hall–Kier alpha value is -1.88. The van der Waals surface area contributed by atoms with E-state index < -0.39 is 40.2 Å². The molecular formula is C13H5ClF4O. The molecule has 2 rings (SSSR count). The van der Waals surface area contributed by atoms with E-state index in [1.165, 1.54) is 0 Å². The van der Waals surface area contributed by atoms with Gasteiger partial charge in [-0.3, -0.25) is 4.79 Å². The molecule has 0 aromatic heterocycles. The van der Waals surface area contributed by atoms with Gasteiger partial charge in [0.1, 0.15) is 0 Å². The molecule has 98 valence electrons. The average molecular weight is 289 g/mol. The van der Waals surface area contributed by atoms with E-state index in [1.54, 1.807) is 0 Å². The standard InChI is InChI=1S/C13H5ClF4O/c14-8-5-11(17)10(16)4-7(8)13(19)6-2-1-3-9(15)12(6)18/h1-5H. The highest BCUT2D eigenvalue weighted by Crippen LogP contribution is 2.24. The Morgan fingerprint density at radius 2 is 1.53 bits per heavy atom. The van der Waals surface area contributed by atoms with Crippen LogP contribution in [-0.2, 0) is 0 Å². The zero-order chi connectivity index (χ0) is 14.2. The van der Waals surface area contributed by atoms with Crippen molar-refractivity contribution in [2.45, 2.75) is 0 Å². The molecule has 0 aliphatic carbocycles. The molecule has 0 fully saturated rings. The van der Waals surface area contributed by atoms with Crippen molar-refractivity contribution in [1.29, 1.82) is 0 Å². The van der Waals surface area contributed by atoms with Gasteiger partial charge >= 0.3 is 0 Å². The fourth-order valence-electron chi connectivity index (χ4n) is 1.52. The Bertz CT molecular complexity index is 670. The molecule has 1 nitrogen and oxygen atoms in total. The van der Waals surface area contributed by atoms with Gasteiger partial charge in [0.2, 0.25) is 0 Å². The van der Waals surface area contributed by atoms with Gasteiger partial charge in [0.05, 0.1) is 10.6 Å². The molecule has 0 heterocycles. The number of benzene rings is 2. The van der Waals surface area contributed by atoms with Gasteiger partial charge in [-0.15, -0.1) is 0 Å². The summed E-state index contributed by atoms with van der Waals surface area (Å²) in [6, 6.07) is 4.13. The summed E-state index contributed by atoms with van der Waals surface area (Å²) in [5.41, 5.74) is -1.04. The summed E-state index contributed by atoms with van der Waals surface area (Å²) < 4.78 is 52.4. The molecule has 0 unspecified atom stereocenters. The van der Waals surface area contributed by atoms with Crippen molar-refractivity contribution in [2.24, 2.45) is 0 Å². The van der Waals surface area contributed by atoms with E-state index >= 15 is 0 Å². The predicted molar refractivity (Wildman–Crippen MR) is 61.2 cm³/mol. The molecule has 19 heavy (non-hydrogen) atoms. The van der Waals surface area contributed by atoms with Crippen molar-refractivity contribution in [1.82, 2.24) is 0 Å². The van der Waals surface area contributed by atoms with E-state index in [0.717, 1.165) is 18.2 Å². The SMILES string of the molecule is O=C(c1cc(F)c(F)cc1Cl)c1cccc(F)c1F. The van der Waals surface area contributed by atoms with Gasteiger partial charge in [-0.25, -0.2) is 17.6 Å². The number of ketones is 1. The van der Waals surface area contributed by atoms with Gasteiger partial charge in [0.25, 0.3) is 0 Å². The summed E-state index contributed by atoms with van der Waals surface area (Å²) >= 11 is 5.59. The predicted octanol–water partition coefficient (Wildman–Crippen LogP) is 4.13. The van der Waals surface area contributed by atoms with Crippen LogP contribution < -0.4 is 0 Å². The lowest BCUT2D eigenvalue weighted by molar-refractivity contribution is 0.103. The fourth-order valence-corrected chi connectivity index (χ4v) is 1.76. The van der Waals surface area contributed by atoms with E-state index in [0.29, 0.717) is 12.1 Å². The van der Waals surface area contributed by atoms with E-state index in [-0.39, 0.29) is 5.02 Å². The molecule has 0 saturated heterocycles. The minimum atomic E-state index is -1.37. The molecule has 0 saturated carbocycles.